The summed E-state index contributed by atoms with van der Waals surface area (Å²) < 4.78 is 0. The van der Waals surface area contributed by atoms with Crippen LogP contribution in [-0.2, 0) is 0 Å². The van der Waals surface area contributed by atoms with Crippen LogP contribution >= 0.6 is 0 Å². The molecular weight excluding hydrogens is 172 g/mol. The van der Waals surface area contributed by atoms with E-state index in [4.69, 9.17) is 5.73 Å². The second-order valence-electron chi connectivity index (χ2n) is 5.10. The summed E-state index contributed by atoms with van der Waals surface area (Å²) in [6, 6.07) is 0.382. The van der Waals surface area contributed by atoms with E-state index >= 15 is 0 Å². The van der Waals surface area contributed by atoms with Crippen LogP contribution in [0.5, 0.6) is 0 Å². The van der Waals surface area contributed by atoms with E-state index in [1.165, 1.54) is 38.8 Å². The molecule has 0 spiro atoms. The first kappa shape index (κ1) is 12.0. The first-order valence-electron chi connectivity index (χ1n) is 6.16. The van der Waals surface area contributed by atoms with Gasteiger partial charge in [-0.1, -0.05) is 26.7 Å². The second-order valence-corrected chi connectivity index (χ2v) is 5.10. The van der Waals surface area contributed by atoms with Gasteiger partial charge >= 0.3 is 0 Å². The third kappa shape index (κ3) is 4.97. The maximum atomic E-state index is 6.11. The molecule has 1 rings (SSSR count). The fourth-order valence-corrected chi connectivity index (χ4v) is 2.33. The maximum Gasteiger partial charge on any atom is 0.0170 e. The highest BCUT2D eigenvalue weighted by molar-refractivity contribution is 4.71. The molecule has 0 radical (unpaired) electrons. The number of hydrogen-bond donors (Lipinski definition) is 1. The normalized spacial score (nSPS) is 22.3. The van der Waals surface area contributed by atoms with Crippen LogP contribution in [0.25, 0.3) is 0 Å². The summed E-state index contributed by atoms with van der Waals surface area (Å²) in [5.74, 6) is 0.733. The Kier molecular flexibility index (Phi) is 5.49. The fraction of sp³-hybridized carbons (Fsp3) is 1.00. The molecule has 1 aliphatic rings. The van der Waals surface area contributed by atoms with E-state index in [1.807, 2.05) is 0 Å². The molecule has 0 saturated carbocycles. The summed E-state index contributed by atoms with van der Waals surface area (Å²) in [7, 11) is 0. The number of nitrogens with zero attached hydrogens (tertiary/aromatic N) is 1. The molecule has 1 aliphatic heterocycles. The Morgan fingerprint density at radius 1 is 1.07 bits per heavy atom. The van der Waals surface area contributed by atoms with Gasteiger partial charge in [0.15, 0.2) is 0 Å². The minimum Gasteiger partial charge on any atom is -0.327 e. The average Bonchev–Trinajstić information content (AvgIpc) is 2.31. The van der Waals surface area contributed by atoms with E-state index in [0.717, 1.165) is 18.9 Å². The van der Waals surface area contributed by atoms with Crippen molar-refractivity contribution in [2.24, 2.45) is 11.7 Å². The zero-order valence-electron chi connectivity index (χ0n) is 9.84. The number of nitrogens with two attached hydrogens (primary N) is 1. The van der Waals surface area contributed by atoms with E-state index in [9.17, 15) is 0 Å². The number of rotatable bonds is 4. The molecular formula is C12H26N2. The predicted molar refractivity (Wildman–Crippen MR) is 62.3 cm³/mol. The largest absolute Gasteiger partial charge is 0.327 e. The van der Waals surface area contributed by atoms with Crippen LogP contribution in [0.4, 0.5) is 0 Å². The second kappa shape index (κ2) is 6.41. The van der Waals surface area contributed by atoms with E-state index in [-0.39, 0.29) is 0 Å². The van der Waals surface area contributed by atoms with Crippen molar-refractivity contribution in [1.82, 2.24) is 4.90 Å². The maximum absolute atomic E-state index is 6.11. The van der Waals surface area contributed by atoms with Crippen molar-refractivity contribution in [3.8, 4) is 0 Å². The van der Waals surface area contributed by atoms with Crippen LogP contribution in [0.3, 0.4) is 0 Å². The lowest BCUT2D eigenvalue weighted by Gasteiger charge is -2.24. The van der Waals surface area contributed by atoms with Crippen LogP contribution < -0.4 is 5.73 Å². The first-order valence-corrected chi connectivity index (χ1v) is 6.16. The fourth-order valence-electron chi connectivity index (χ4n) is 2.33. The zero-order chi connectivity index (χ0) is 10.4. The van der Waals surface area contributed by atoms with Gasteiger partial charge in [-0.15, -0.1) is 0 Å². The van der Waals surface area contributed by atoms with Crippen molar-refractivity contribution in [3.05, 3.63) is 0 Å². The van der Waals surface area contributed by atoms with Crippen molar-refractivity contribution in [2.45, 2.75) is 52.0 Å². The summed E-state index contributed by atoms with van der Waals surface area (Å²) in [6.45, 7) is 8.15. The van der Waals surface area contributed by atoms with E-state index in [1.54, 1.807) is 0 Å². The highest BCUT2D eigenvalue weighted by atomic mass is 15.1. The molecule has 1 saturated heterocycles. The van der Waals surface area contributed by atoms with Crippen molar-refractivity contribution in [1.29, 1.82) is 0 Å². The molecule has 2 N–H and O–H groups in total. The van der Waals surface area contributed by atoms with Gasteiger partial charge in [0.2, 0.25) is 0 Å². The van der Waals surface area contributed by atoms with Crippen LogP contribution in [0.15, 0.2) is 0 Å². The van der Waals surface area contributed by atoms with E-state index < -0.39 is 0 Å². The lowest BCUT2D eigenvalue weighted by atomic mass is 10.0. The molecule has 1 fully saturated rings. The van der Waals surface area contributed by atoms with Gasteiger partial charge in [-0.3, -0.25) is 0 Å². The monoisotopic (exact) mass is 198 g/mol. The molecule has 2 nitrogen and oxygen atoms in total. The minimum absolute atomic E-state index is 0.382. The minimum atomic E-state index is 0.382. The van der Waals surface area contributed by atoms with Crippen molar-refractivity contribution in [3.63, 3.8) is 0 Å². The van der Waals surface area contributed by atoms with Crippen LogP contribution in [0.2, 0.25) is 0 Å². The first-order chi connectivity index (χ1) is 6.68. The van der Waals surface area contributed by atoms with Gasteiger partial charge in [-0.05, 0) is 38.3 Å². The Morgan fingerprint density at radius 2 is 1.64 bits per heavy atom. The van der Waals surface area contributed by atoms with Gasteiger partial charge in [0.05, 0.1) is 0 Å². The molecule has 0 aromatic heterocycles. The van der Waals surface area contributed by atoms with Gasteiger partial charge in [0.25, 0.3) is 0 Å². The van der Waals surface area contributed by atoms with Gasteiger partial charge in [0.1, 0.15) is 0 Å². The summed E-state index contributed by atoms with van der Waals surface area (Å²) in [4.78, 5) is 2.56. The average molecular weight is 198 g/mol. The van der Waals surface area contributed by atoms with Crippen molar-refractivity contribution >= 4 is 0 Å². The summed E-state index contributed by atoms with van der Waals surface area (Å²) in [5.41, 5.74) is 6.11. The third-order valence-electron chi connectivity index (χ3n) is 2.97. The highest BCUT2D eigenvalue weighted by Crippen LogP contribution is 2.11. The molecule has 0 amide bonds. The Bertz CT molecular complexity index is 137. The van der Waals surface area contributed by atoms with Crippen LogP contribution in [0, 0.1) is 5.92 Å². The molecule has 1 heterocycles. The Morgan fingerprint density at radius 3 is 2.14 bits per heavy atom. The van der Waals surface area contributed by atoms with Gasteiger partial charge < -0.3 is 10.6 Å². The van der Waals surface area contributed by atoms with Crippen molar-refractivity contribution in [2.75, 3.05) is 19.6 Å². The Labute approximate surface area is 88.8 Å². The molecule has 1 atom stereocenters. The van der Waals surface area contributed by atoms with Crippen molar-refractivity contribution < 1.29 is 0 Å². The topological polar surface area (TPSA) is 29.3 Å². The van der Waals surface area contributed by atoms with Crippen LogP contribution in [-0.4, -0.2) is 30.6 Å². The Balaban J connectivity index is 2.20. The molecule has 0 aromatic rings. The third-order valence-corrected chi connectivity index (χ3v) is 2.97. The quantitative estimate of drug-likeness (QED) is 0.750. The molecule has 84 valence electrons. The lowest BCUT2D eigenvalue weighted by molar-refractivity contribution is 0.255. The molecule has 0 aliphatic carbocycles. The van der Waals surface area contributed by atoms with E-state index in [2.05, 4.69) is 18.7 Å². The molecule has 0 bridgehead atoms. The standard InChI is InChI=1S/C12H26N2/c1-11(2)9-12(13)10-14-7-5-3-4-6-8-14/h11-12H,3-10,13H2,1-2H3/t12-/m1/s1. The summed E-state index contributed by atoms with van der Waals surface area (Å²) in [5, 5.41) is 0. The Hall–Kier alpha value is -0.0800. The highest BCUT2D eigenvalue weighted by Gasteiger charge is 2.13. The molecule has 0 aromatic carbocycles. The SMILES string of the molecule is CC(C)C[C@@H](N)CN1CCCCCC1. The number of likely N-dealkylation sites (tertiary alicyclic amines) is 1. The van der Waals surface area contributed by atoms with Gasteiger partial charge in [-0.2, -0.15) is 0 Å². The summed E-state index contributed by atoms with van der Waals surface area (Å²) >= 11 is 0. The molecule has 0 unspecified atom stereocenters. The molecule has 14 heavy (non-hydrogen) atoms. The van der Waals surface area contributed by atoms with Gasteiger partial charge in [0, 0.05) is 12.6 Å². The van der Waals surface area contributed by atoms with Crippen LogP contribution in [0.1, 0.15) is 46.0 Å². The molecule has 2 heteroatoms. The smallest absolute Gasteiger partial charge is 0.0170 e. The van der Waals surface area contributed by atoms with E-state index in [0.29, 0.717) is 6.04 Å². The predicted octanol–water partition coefficient (Wildman–Crippen LogP) is 2.24. The summed E-state index contributed by atoms with van der Waals surface area (Å²) in [6.07, 6.45) is 6.73. The zero-order valence-corrected chi connectivity index (χ0v) is 9.84. The number of hydrogen-bond acceptors (Lipinski definition) is 2. The lowest BCUT2D eigenvalue weighted by Crippen LogP contribution is -2.38. The van der Waals surface area contributed by atoms with Gasteiger partial charge in [-0.25, -0.2) is 0 Å².